The second kappa shape index (κ2) is 6.04. The Bertz CT molecular complexity index is 602. The molecule has 2 rings (SSSR count). The van der Waals surface area contributed by atoms with Crippen molar-refractivity contribution in [3.8, 4) is 0 Å². The van der Waals surface area contributed by atoms with Gasteiger partial charge in [0.25, 0.3) is 0 Å². The number of nitrogens with zero attached hydrogens (tertiary/aromatic N) is 1. The van der Waals surface area contributed by atoms with E-state index in [0.717, 1.165) is 21.1 Å². The molecule has 0 saturated heterocycles. The van der Waals surface area contributed by atoms with Gasteiger partial charge in [0.2, 0.25) is 0 Å². The van der Waals surface area contributed by atoms with Gasteiger partial charge in [0.15, 0.2) is 0 Å². The highest BCUT2D eigenvalue weighted by Gasteiger charge is 2.12. The molecule has 0 amide bonds. The van der Waals surface area contributed by atoms with Crippen LogP contribution in [0.2, 0.25) is 10.0 Å². The number of hydrogen-bond acceptors (Lipinski definition) is 3. The molecular weight excluding hydrogens is 301 g/mol. The highest BCUT2D eigenvalue weighted by molar-refractivity contribution is 7.11. The second-order valence-electron chi connectivity index (χ2n) is 4.38. The van der Waals surface area contributed by atoms with Crippen molar-refractivity contribution < 1.29 is 4.79 Å². The molecule has 0 fully saturated rings. The summed E-state index contributed by atoms with van der Waals surface area (Å²) >= 11 is 13.5. The first-order chi connectivity index (χ1) is 8.95. The van der Waals surface area contributed by atoms with Gasteiger partial charge < -0.3 is 0 Å². The Morgan fingerprint density at radius 1 is 1.26 bits per heavy atom. The lowest BCUT2D eigenvalue weighted by Crippen LogP contribution is -2.06. The van der Waals surface area contributed by atoms with E-state index in [4.69, 9.17) is 23.2 Å². The average molecular weight is 314 g/mol. The normalized spacial score (nSPS) is 10.7. The van der Waals surface area contributed by atoms with Gasteiger partial charge in [0, 0.05) is 21.3 Å². The van der Waals surface area contributed by atoms with E-state index in [1.165, 1.54) is 0 Å². The van der Waals surface area contributed by atoms with Gasteiger partial charge in [-0.2, -0.15) is 0 Å². The van der Waals surface area contributed by atoms with Crippen LogP contribution in [-0.4, -0.2) is 10.8 Å². The molecule has 0 atom stereocenters. The van der Waals surface area contributed by atoms with Crippen LogP contribution in [0.1, 0.15) is 21.1 Å². The Morgan fingerprint density at radius 2 is 2.00 bits per heavy atom. The topological polar surface area (TPSA) is 30.0 Å². The first kappa shape index (κ1) is 14.5. The number of ketones is 1. The minimum absolute atomic E-state index is 0.109. The molecule has 1 heterocycles. The number of halogens is 2. The molecule has 100 valence electrons. The fourth-order valence-corrected chi connectivity index (χ4v) is 3.16. The van der Waals surface area contributed by atoms with Gasteiger partial charge >= 0.3 is 0 Å². The lowest BCUT2D eigenvalue weighted by molar-refractivity contribution is -0.117. The maximum atomic E-state index is 12.0. The zero-order valence-electron chi connectivity index (χ0n) is 10.7. The predicted molar refractivity (Wildman–Crippen MR) is 80.5 cm³/mol. The molecule has 0 bridgehead atoms. The summed E-state index contributed by atoms with van der Waals surface area (Å²) in [5.41, 5.74) is 1.80. The number of Topliss-reactive ketones (excluding diaryl/α,β-unsaturated/α-hetero) is 1. The van der Waals surface area contributed by atoms with Crippen LogP contribution in [-0.2, 0) is 17.6 Å². The van der Waals surface area contributed by atoms with E-state index in [2.05, 4.69) is 4.98 Å². The number of carbonyl (C=O) groups excluding carboxylic acids is 1. The molecule has 0 saturated carbocycles. The zero-order chi connectivity index (χ0) is 14.0. The molecule has 0 radical (unpaired) electrons. The summed E-state index contributed by atoms with van der Waals surface area (Å²) in [6, 6.07) is 5.19. The van der Waals surface area contributed by atoms with Crippen molar-refractivity contribution in [2.45, 2.75) is 26.7 Å². The second-order valence-corrected chi connectivity index (χ2v) is 6.51. The Labute approximate surface area is 126 Å². The number of benzene rings is 1. The Kier molecular flexibility index (Phi) is 4.61. The largest absolute Gasteiger partial charge is 0.299 e. The average Bonchev–Trinajstić information content (AvgIpc) is 2.62. The van der Waals surface area contributed by atoms with E-state index in [-0.39, 0.29) is 5.78 Å². The van der Waals surface area contributed by atoms with Gasteiger partial charge in [-0.15, -0.1) is 11.3 Å². The first-order valence-electron chi connectivity index (χ1n) is 5.84. The molecule has 2 nitrogen and oxygen atoms in total. The number of carbonyl (C=O) groups is 1. The van der Waals surface area contributed by atoms with Crippen LogP contribution in [0.3, 0.4) is 0 Å². The van der Waals surface area contributed by atoms with E-state index in [1.54, 1.807) is 29.5 Å². The van der Waals surface area contributed by atoms with Crippen molar-refractivity contribution in [3.05, 3.63) is 49.4 Å². The summed E-state index contributed by atoms with van der Waals surface area (Å²) in [7, 11) is 0. The summed E-state index contributed by atoms with van der Waals surface area (Å²) in [6.07, 6.45) is 0.673. The SMILES string of the molecule is Cc1nc(CC(=O)Cc2ccc(Cl)cc2Cl)sc1C. The summed E-state index contributed by atoms with van der Waals surface area (Å²) in [5, 5.41) is 1.98. The van der Waals surface area contributed by atoms with Crippen molar-refractivity contribution in [1.82, 2.24) is 4.98 Å². The molecule has 2 aromatic rings. The van der Waals surface area contributed by atoms with Crippen LogP contribution >= 0.6 is 34.5 Å². The molecule has 1 aromatic heterocycles. The van der Waals surface area contributed by atoms with Gasteiger partial charge in [-0.25, -0.2) is 4.98 Å². The van der Waals surface area contributed by atoms with Crippen LogP contribution < -0.4 is 0 Å². The van der Waals surface area contributed by atoms with E-state index >= 15 is 0 Å². The van der Waals surface area contributed by atoms with Crippen molar-refractivity contribution >= 4 is 40.3 Å². The van der Waals surface area contributed by atoms with Gasteiger partial charge in [-0.3, -0.25) is 4.79 Å². The fraction of sp³-hybridized carbons (Fsp3) is 0.286. The number of hydrogen-bond donors (Lipinski definition) is 0. The third-order valence-corrected chi connectivity index (χ3v) is 4.48. The van der Waals surface area contributed by atoms with E-state index in [9.17, 15) is 4.79 Å². The van der Waals surface area contributed by atoms with Crippen molar-refractivity contribution in [2.75, 3.05) is 0 Å². The van der Waals surface area contributed by atoms with Crippen LogP contribution in [0, 0.1) is 13.8 Å². The maximum Gasteiger partial charge on any atom is 0.144 e. The van der Waals surface area contributed by atoms with Crippen LogP contribution in [0.25, 0.3) is 0 Å². The van der Waals surface area contributed by atoms with E-state index < -0.39 is 0 Å². The lowest BCUT2D eigenvalue weighted by Gasteiger charge is -2.03. The van der Waals surface area contributed by atoms with Crippen molar-refractivity contribution in [2.24, 2.45) is 0 Å². The van der Waals surface area contributed by atoms with Crippen LogP contribution in [0.15, 0.2) is 18.2 Å². The molecule has 5 heteroatoms. The number of rotatable bonds is 4. The molecule has 0 aliphatic heterocycles. The standard InChI is InChI=1S/C14H13Cl2NOS/c1-8-9(2)19-14(17-8)7-12(18)5-10-3-4-11(15)6-13(10)16/h3-4,6H,5,7H2,1-2H3. The van der Waals surface area contributed by atoms with Crippen molar-refractivity contribution in [3.63, 3.8) is 0 Å². The van der Waals surface area contributed by atoms with E-state index in [1.807, 2.05) is 13.8 Å². The number of thiazole rings is 1. The Morgan fingerprint density at radius 3 is 2.58 bits per heavy atom. The monoisotopic (exact) mass is 313 g/mol. The summed E-state index contributed by atoms with van der Waals surface area (Å²) in [5.74, 6) is 0.109. The molecule has 19 heavy (non-hydrogen) atoms. The summed E-state index contributed by atoms with van der Waals surface area (Å²) in [4.78, 5) is 17.5. The minimum Gasteiger partial charge on any atom is -0.299 e. The van der Waals surface area contributed by atoms with Gasteiger partial charge in [0.05, 0.1) is 12.1 Å². The Hall–Kier alpha value is -0.900. The molecule has 1 aromatic carbocycles. The molecule has 0 spiro atoms. The zero-order valence-corrected chi connectivity index (χ0v) is 13.0. The third-order valence-electron chi connectivity index (χ3n) is 2.82. The van der Waals surface area contributed by atoms with E-state index in [0.29, 0.717) is 22.9 Å². The van der Waals surface area contributed by atoms with Gasteiger partial charge in [-0.05, 0) is 31.5 Å². The molecule has 0 aliphatic carbocycles. The van der Waals surface area contributed by atoms with Crippen molar-refractivity contribution in [1.29, 1.82) is 0 Å². The lowest BCUT2D eigenvalue weighted by atomic mass is 10.1. The molecule has 0 aliphatic rings. The predicted octanol–water partition coefficient (Wildman–Crippen LogP) is 4.42. The smallest absolute Gasteiger partial charge is 0.144 e. The Balaban J connectivity index is 2.05. The fourth-order valence-electron chi connectivity index (χ4n) is 1.72. The number of aromatic nitrogens is 1. The highest BCUT2D eigenvalue weighted by Crippen LogP contribution is 2.22. The van der Waals surface area contributed by atoms with Gasteiger partial charge in [0.1, 0.15) is 10.8 Å². The van der Waals surface area contributed by atoms with Crippen LogP contribution in [0.5, 0.6) is 0 Å². The molecular formula is C14H13Cl2NOS. The summed E-state index contributed by atoms with van der Waals surface area (Å²) in [6.45, 7) is 3.97. The minimum atomic E-state index is 0.109. The molecule has 0 N–H and O–H groups in total. The first-order valence-corrected chi connectivity index (χ1v) is 7.41. The maximum absolute atomic E-state index is 12.0. The van der Waals surface area contributed by atoms with Crippen LogP contribution in [0.4, 0.5) is 0 Å². The van der Waals surface area contributed by atoms with Gasteiger partial charge in [-0.1, -0.05) is 29.3 Å². The highest BCUT2D eigenvalue weighted by atomic mass is 35.5. The number of aryl methyl sites for hydroxylation is 2. The third kappa shape index (κ3) is 3.78. The summed E-state index contributed by atoms with van der Waals surface area (Å²) < 4.78 is 0. The molecule has 0 unspecified atom stereocenters. The quantitative estimate of drug-likeness (QED) is 0.836.